The van der Waals surface area contributed by atoms with E-state index >= 15 is 0 Å². The van der Waals surface area contributed by atoms with Crippen LogP contribution in [0.2, 0.25) is 0 Å². The highest BCUT2D eigenvalue weighted by molar-refractivity contribution is 5.95. The first-order chi connectivity index (χ1) is 17.3. The highest BCUT2D eigenvalue weighted by Gasteiger charge is 2.37. The van der Waals surface area contributed by atoms with Crippen molar-refractivity contribution in [2.45, 2.75) is 50.0 Å². The van der Waals surface area contributed by atoms with Crippen molar-refractivity contribution in [1.29, 1.82) is 5.26 Å². The van der Waals surface area contributed by atoms with Gasteiger partial charge >= 0.3 is 6.03 Å². The third kappa shape index (κ3) is 5.54. The number of nitrogens with zero attached hydrogens (tertiary/aromatic N) is 3. The number of hydrogen-bond donors (Lipinski definition) is 1. The molecule has 0 spiro atoms. The van der Waals surface area contributed by atoms with Gasteiger partial charge in [-0.2, -0.15) is 5.26 Å². The monoisotopic (exact) mass is 498 g/mol. The summed E-state index contributed by atoms with van der Waals surface area (Å²) in [5.74, 6) is -2.64. The van der Waals surface area contributed by atoms with Gasteiger partial charge in [-0.05, 0) is 87.1 Å². The van der Waals surface area contributed by atoms with E-state index in [4.69, 9.17) is 0 Å². The summed E-state index contributed by atoms with van der Waals surface area (Å²) in [7, 11) is 0. The normalized spacial score (nSPS) is 20.1. The summed E-state index contributed by atoms with van der Waals surface area (Å²) >= 11 is 0. The number of hydrogen-bond acceptors (Lipinski definition) is 4. The van der Waals surface area contributed by atoms with Crippen molar-refractivity contribution in [3.8, 4) is 6.07 Å². The van der Waals surface area contributed by atoms with Crippen molar-refractivity contribution < 1.29 is 22.8 Å². The Morgan fingerprint density at radius 2 is 1.81 bits per heavy atom. The fraction of sp³-hybridized carbons (Fsp3) is 0.444. The lowest BCUT2D eigenvalue weighted by atomic mass is 9.74. The molecule has 3 amide bonds. The van der Waals surface area contributed by atoms with Gasteiger partial charge in [0.05, 0.1) is 17.5 Å². The number of carbonyl (C=O) groups is 2. The van der Waals surface area contributed by atoms with E-state index in [0.29, 0.717) is 63.8 Å². The van der Waals surface area contributed by atoms with Crippen LogP contribution in [0.3, 0.4) is 0 Å². The van der Waals surface area contributed by atoms with Gasteiger partial charge in [-0.25, -0.2) is 18.0 Å². The first-order valence-corrected chi connectivity index (χ1v) is 12.3. The predicted molar refractivity (Wildman–Crippen MR) is 127 cm³/mol. The molecule has 2 saturated heterocycles. The number of carbonyl (C=O) groups excluding carboxylic acids is 2. The topological polar surface area (TPSA) is 76.4 Å². The molecule has 2 aromatic rings. The number of benzene rings is 2. The smallest absolute Gasteiger partial charge is 0.324 e. The van der Waals surface area contributed by atoms with Crippen LogP contribution in [0.25, 0.3) is 0 Å². The number of urea groups is 1. The van der Waals surface area contributed by atoms with Crippen molar-refractivity contribution in [2.75, 3.05) is 26.2 Å². The van der Waals surface area contributed by atoms with Crippen LogP contribution < -0.4 is 5.32 Å². The van der Waals surface area contributed by atoms with Crippen molar-refractivity contribution in [3.63, 3.8) is 0 Å². The van der Waals surface area contributed by atoms with Crippen LogP contribution in [0.1, 0.15) is 55.7 Å². The van der Waals surface area contributed by atoms with Crippen LogP contribution in [0.5, 0.6) is 0 Å². The average Bonchev–Trinajstić information content (AvgIpc) is 2.89. The number of halogens is 3. The number of nitrogens with one attached hydrogen (secondary N) is 1. The first kappa shape index (κ1) is 25.7. The van der Waals surface area contributed by atoms with Crippen LogP contribution >= 0.6 is 0 Å². The summed E-state index contributed by atoms with van der Waals surface area (Å²) in [4.78, 5) is 28.7. The molecule has 36 heavy (non-hydrogen) atoms. The second kappa shape index (κ2) is 11.1. The van der Waals surface area contributed by atoms with Crippen molar-refractivity contribution in [1.82, 2.24) is 15.1 Å². The van der Waals surface area contributed by atoms with E-state index in [1.165, 1.54) is 18.2 Å². The Labute approximate surface area is 208 Å². The van der Waals surface area contributed by atoms with Gasteiger partial charge in [0.25, 0.3) is 0 Å². The molecular formula is C27H29F3N4O2. The molecule has 190 valence electrons. The fourth-order valence-corrected chi connectivity index (χ4v) is 5.14. The molecule has 2 aliphatic rings. The second-order valence-corrected chi connectivity index (χ2v) is 9.47. The van der Waals surface area contributed by atoms with Crippen LogP contribution in [0.4, 0.5) is 18.0 Å². The molecule has 4 rings (SSSR count). The lowest BCUT2D eigenvalue weighted by Gasteiger charge is -2.37. The van der Waals surface area contributed by atoms with Gasteiger partial charge in [0.15, 0.2) is 11.6 Å². The van der Waals surface area contributed by atoms with E-state index in [-0.39, 0.29) is 18.1 Å². The highest BCUT2D eigenvalue weighted by atomic mass is 19.2. The van der Waals surface area contributed by atoms with Crippen molar-refractivity contribution in [2.24, 2.45) is 0 Å². The molecule has 1 N–H and O–H groups in total. The third-order valence-corrected chi connectivity index (χ3v) is 7.24. The molecule has 0 bridgehead atoms. The lowest BCUT2D eigenvalue weighted by molar-refractivity contribution is -0.132. The quantitative estimate of drug-likeness (QED) is 0.580. The van der Waals surface area contributed by atoms with E-state index in [1.54, 1.807) is 12.1 Å². The van der Waals surface area contributed by atoms with Gasteiger partial charge in [-0.1, -0.05) is 18.2 Å². The summed E-state index contributed by atoms with van der Waals surface area (Å²) in [6.45, 7) is 2.49. The molecule has 0 unspecified atom stereocenters. The molecule has 0 aliphatic carbocycles. The molecule has 2 fully saturated rings. The first-order valence-electron chi connectivity index (χ1n) is 12.3. The zero-order valence-electron chi connectivity index (χ0n) is 20.0. The standard InChI is InChI=1S/C27H29F3N4O2/c28-21-8-6-20(7-9-21)27(18-31)11-15-33(16-12-27)14-2-13-32-26(36)34-24(3-1-4-25(34)35)19-5-10-22(29)23(30)17-19/h5-10,17,24H,1-4,11-16H2,(H,32,36)/t24-/m1/s1. The molecule has 0 saturated carbocycles. The number of likely N-dealkylation sites (tertiary alicyclic amines) is 2. The van der Waals surface area contributed by atoms with Gasteiger partial charge in [0.2, 0.25) is 5.91 Å². The van der Waals surface area contributed by atoms with Gasteiger partial charge in [0, 0.05) is 13.0 Å². The summed E-state index contributed by atoms with van der Waals surface area (Å²) in [6, 6.07) is 10.9. The minimum atomic E-state index is -1.01. The van der Waals surface area contributed by atoms with Gasteiger partial charge in [-0.3, -0.25) is 9.69 Å². The fourth-order valence-electron chi connectivity index (χ4n) is 5.14. The summed E-state index contributed by atoms with van der Waals surface area (Å²) < 4.78 is 40.4. The van der Waals surface area contributed by atoms with E-state index in [0.717, 1.165) is 22.6 Å². The Hall–Kier alpha value is -3.38. The molecule has 9 heteroatoms. The molecule has 2 heterocycles. The van der Waals surface area contributed by atoms with E-state index < -0.39 is 29.1 Å². The zero-order valence-corrected chi connectivity index (χ0v) is 20.0. The SMILES string of the molecule is N#CC1(c2ccc(F)cc2)CCN(CCCNC(=O)N2C(=O)CCC[C@@H]2c2ccc(F)c(F)c2)CC1. The number of nitriles is 1. The zero-order chi connectivity index (χ0) is 25.7. The molecule has 6 nitrogen and oxygen atoms in total. The third-order valence-electron chi connectivity index (χ3n) is 7.24. The van der Waals surface area contributed by atoms with E-state index in [9.17, 15) is 28.0 Å². The maximum absolute atomic E-state index is 13.8. The van der Waals surface area contributed by atoms with Crippen molar-refractivity contribution >= 4 is 11.9 Å². The highest BCUT2D eigenvalue weighted by Crippen LogP contribution is 2.35. The molecule has 0 aromatic heterocycles. The van der Waals surface area contributed by atoms with Crippen LogP contribution in [0, 0.1) is 28.8 Å². The maximum Gasteiger partial charge on any atom is 0.324 e. The number of piperidine rings is 2. The predicted octanol–water partition coefficient (Wildman–Crippen LogP) is 4.81. The second-order valence-electron chi connectivity index (χ2n) is 9.47. The van der Waals surface area contributed by atoms with Gasteiger partial charge < -0.3 is 10.2 Å². The minimum Gasteiger partial charge on any atom is -0.338 e. The largest absolute Gasteiger partial charge is 0.338 e. The van der Waals surface area contributed by atoms with Crippen molar-refractivity contribution in [3.05, 3.63) is 71.0 Å². The maximum atomic E-state index is 13.8. The Morgan fingerprint density at radius 3 is 2.47 bits per heavy atom. The van der Waals surface area contributed by atoms with Crippen LogP contribution in [-0.4, -0.2) is 47.9 Å². The molecule has 0 radical (unpaired) electrons. The Balaban J connectivity index is 1.27. The molecular weight excluding hydrogens is 469 g/mol. The van der Waals surface area contributed by atoms with E-state index in [1.807, 2.05) is 0 Å². The molecule has 1 atom stereocenters. The minimum absolute atomic E-state index is 0.232. The van der Waals surface area contributed by atoms with Gasteiger partial charge in [-0.15, -0.1) is 0 Å². The lowest BCUT2D eigenvalue weighted by Crippen LogP contribution is -2.48. The molecule has 2 aliphatic heterocycles. The number of imide groups is 1. The summed E-state index contributed by atoms with van der Waals surface area (Å²) in [5, 5.41) is 12.6. The number of rotatable bonds is 6. The van der Waals surface area contributed by atoms with Crippen LogP contribution in [0.15, 0.2) is 42.5 Å². The Bertz CT molecular complexity index is 1140. The molecule has 2 aromatic carbocycles. The average molecular weight is 499 g/mol. The Kier molecular flexibility index (Phi) is 7.94. The van der Waals surface area contributed by atoms with E-state index in [2.05, 4.69) is 16.3 Å². The summed E-state index contributed by atoms with van der Waals surface area (Å²) in [5.41, 5.74) is 0.606. The van der Waals surface area contributed by atoms with Crippen LogP contribution in [-0.2, 0) is 10.2 Å². The Morgan fingerprint density at radius 1 is 1.08 bits per heavy atom. The summed E-state index contributed by atoms with van der Waals surface area (Å²) in [6.07, 6.45) is 3.23. The number of amides is 3. The van der Waals surface area contributed by atoms with Gasteiger partial charge in [0.1, 0.15) is 5.82 Å².